The molecule has 2 aromatic rings. The van der Waals surface area contributed by atoms with E-state index in [2.05, 4.69) is 60.9 Å². The third-order valence-electron chi connectivity index (χ3n) is 5.77. The normalized spacial score (nSPS) is 17.9. The summed E-state index contributed by atoms with van der Waals surface area (Å²) in [6.07, 6.45) is 5.60. The number of hydrogen-bond donors (Lipinski definition) is 1. The lowest BCUT2D eigenvalue weighted by Crippen LogP contribution is -2.72. The molecular formula is C20H31IN6. The van der Waals surface area contributed by atoms with E-state index in [4.69, 9.17) is 4.99 Å². The van der Waals surface area contributed by atoms with Gasteiger partial charge in [0, 0.05) is 42.6 Å². The molecule has 3 heterocycles. The maximum Gasteiger partial charge on any atom is 0.194 e. The maximum absolute atomic E-state index is 4.85. The number of hydrogen-bond acceptors (Lipinski definition) is 3. The first-order valence-electron chi connectivity index (χ1n) is 9.27. The summed E-state index contributed by atoms with van der Waals surface area (Å²) in [5, 5.41) is 3.43. The van der Waals surface area contributed by atoms with E-state index in [1.54, 1.807) is 6.20 Å². The maximum atomic E-state index is 4.85. The molecule has 0 atom stereocenters. The zero-order chi connectivity index (χ0) is 18.9. The summed E-state index contributed by atoms with van der Waals surface area (Å²) in [6.45, 7) is 15.8. The molecule has 0 bridgehead atoms. The number of nitrogens with zero attached hydrogens (tertiary/aromatic N) is 5. The van der Waals surface area contributed by atoms with Crippen molar-refractivity contribution in [3.05, 3.63) is 42.1 Å². The molecule has 7 heteroatoms. The number of aryl methyl sites for hydroxylation is 1. The molecule has 2 aromatic heterocycles. The summed E-state index contributed by atoms with van der Waals surface area (Å²) in [6, 6.07) is 4.10. The van der Waals surface area contributed by atoms with Gasteiger partial charge in [-0.2, -0.15) is 0 Å². The molecule has 0 amide bonds. The second-order valence-electron chi connectivity index (χ2n) is 8.07. The molecule has 148 valence electrons. The molecule has 0 radical (unpaired) electrons. The zero-order valence-corrected chi connectivity index (χ0v) is 19.5. The summed E-state index contributed by atoms with van der Waals surface area (Å²) in [5.41, 5.74) is 1.48. The number of rotatable bonds is 4. The van der Waals surface area contributed by atoms with Gasteiger partial charge < -0.3 is 10.2 Å². The monoisotopic (exact) mass is 482 g/mol. The van der Waals surface area contributed by atoms with E-state index in [9.17, 15) is 0 Å². The van der Waals surface area contributed by atoms with Crippen molar-refractivity contribution in [3.63, 3.8) is 0 Å². The van der Waals surface area contributed by atoms with Gasteiger partial charge in [-0.3, -0.25) is 4.57 Å². The zero-order valence-electron chi connectivity index (χ0n) is 17.2. The van der Waals surface area contributed by atoms with Crippen molar-refractivity contribution < 1.29 is 0 Å². The molecule has 1 fully saturated rings. The summed E-state index contributed by atoms with van der Waals surface area (Å²) in [7, 11) is 0. The lowest BCUT2D eigenvalue weighted by Gasteiger charge is -2.62. The van der Waals surface area contributed by atoms with Crippen LogP contribution in [0.25, 0.3) is 5.82 Å². The lowest BCUT2D eigenvalue weighted by molar-refractivity contribution is -0.0667. The lowest BCUT2D eigenvalue weighted by atomic mass is 9.65. The standard InChI is InChI=1S/C20H30N6.HI/c1-7-21-18(26-14-19(3,4)20(26,5)6)24-13-16-8-9-17(23-12-16)25-11-10-22-15(25)2;/h8-12H,7,13-14H2,1-6H3,(H,21,24);1H. The van der Waals surface area contributed by atoms with E-state index in [1.165, 1.54) is 0 Å². The van der Waals surface area contributed by atoms with Crippen LogP contribution in [0.4, 0.5) is 0 Å². The molecule has 1 N–H and O–H groups in total. The van der Waals surface area contributed by atoms with Gasteiger partial charge in [-0.05, 0) is 39.3 Å². The molecule has 0 aromatic carbocycles. The first-order chi connectivity index (χ1) is 12.3. The predicted molar refractivity (Wildman–Crippen MR) is 121 cm³/mol. The average Bonchev–Trinajstić information content (AvgIpc) is 3.03. The molecular weight excluding hydrogens is 451 g/mol. The number of aromatic nitrogens is 3. The Bertz CT molecular complexity index is 791. The van der Waals surface area contributed by atoms with Crippen LogP contribution in [0.15, 0.2) is 35.7 Å². The molecule has 1 aliphatic heterocycles. The Hall–Kier alpha value is -1.64. The van der Waals surface area contributed by atoms with E-state index < -0.39 is 0 Å². The van der Waals surface area contributed by atoms with Crippen LogP contribution < -0.4 is 5.32 Å². The first kappa shape index (κ1) is 21.7. The highest BCUT2D eigenvalue weighted by Gasteiger charge is 2.53. The number of aliphatic imine (C=N–C) groups is 1. The third-order valence-corrected chi connectivity index (χ3v) is 5.77. The topological polar surface area (TPSA) is 58.3 Å². The van der Waals surface area contributed by atoms with Gasteiger partial charge in [0.1, 0.15) is 11.6 Å². The van der Waals surface area contributed by atoms with E-state index in [-0.39, 0.29) is 34.9 Å². The SMILES string of the molecule is CCNC(=NCc1ccc(-n2ccnc2C)nc1)N1CC(C)(C)C1(C)C.I. The molecule has 0 saturated carbocycles. The highest BCUT2D eigenvalue weighted by Crippen LogP contribution is 2.46. The first-order valence-corrected chi connectivity index (χ1v) is 9.27. The third kappa shape index (κ3) is 4.12. The molecule has 6 nitrogen and oxygen atoms in total. The molecule has 0 unspecified atom stereocenters. The fraction of sp³-hybridized carbons (Fsp3) is 0.550. The van der Waals surface area contributed by atoms with E-state index >= 15 is 0 Å². The van der Waals surface area contributed by atoms with Gasteiger partial charge in [0.2, 0.25) is 0 Å². The van der Waals surface area contributed by atoms with Crippen molar-refractivity contribution in [1.82, 2.24) is 24.8 Å². The van der Waals surface area contributed by atoms with Crippen molar-refractivity contribution in [2.45, 2.75) is 53.6 Å². The number of nitrogens with one attached hydrogen (secondary N) is 1. The Morgan fingerprint density at radius 1 is 1.22 bits per heavy atom. The summed E-state index contributed by atoms with van der Waals surface area (Å²) >= 11 is 0. The summed E-state index contributed by atoms with van der Waals surface area (Å²) in [4.78, 5) is 16.0. The minimum atomic E-state index is 0. The van der Waals surface area contributed by atoms with Gasteiger partial charge in [0.05, 0.1) is 6.54 Å². The highest BCUT2D eigenvalue weighted by molar-refractivity contribution is 14.0. The van der Waals surface area contributed by atoms with Crippen molar-refractivity contribution in [1.29, 1.82) is 0 Å². The number of likely N-dealkylation sites (tertiary alicyclic amines) is 1. The van der Waals surface area contributed by atoms with Crippen LogP contribution in [0.2, 0.25) is 0 Å². The minimum absolute atomic E-state index is 0. The number of imidazole rings is 1. The van der Waals surface area contributed by atoms with Gasteiger partial charge in [-0.25, -0.2) is 15.0 Å². The van der Waals surface area contributed by atoms with Gasteiger partial charge in [-0.1, -0.05) is 19.9 Å². The van der Waals surface area contributed by atoms with Crippen LogP contribution in [0.3, 0.4) is 0 Å². The fourth-order valence-electron chi connectivity index (χ4n) is 3.23. The number of halogens is 1. The van der Waals surface area contributed by atoms with Crippen LogP contribution >= 0.6 is 24.0 Å². The molecule has 27 heavy (non-hydrogen) atoms. The Balaban J connectivity index is 0.00000261. The van der Waals surface area contributed by atoms with Crippen molar-refractivity contribution >= 4 is 29.9 Å². The largest absolute Gasteiger partial charge is 0.356 e. The van der Waals surface area contributed by atoms with Crippen molar-refractivity contribution in [3.8, 4) is 5.82 Å². The number of guanidine groups is 1. The van der Waals surface area contributed by atoms with Crippen molar-refractivity contribution in [2.75, 3.05) is 13.1 Å². The van der Waals surface area contributed by atoms with E-state index in [0.717, 1.165) is 36.3 Å². The summed E-state index contributed by atoms with van der Waals surface area (Å²) < 4.78 is 1.97. The Kier molecular flexibility index (Phi) is 6.55. The van der Waals surface area contributed by atoms with Crippen LogP contribution in [0.1, 0.15) is 46.0 Å². The quantitative estimate of drug-likeness (QED) is 0.410. The van der Waals surface area contributed by atoms with Crippen LogP contribution in [0.5, 0.6) is 0 Å². The van der Waals surface area contributed by atoms with E-state index in [0.29, 0.717) is 6.54 Å². The molecule has 0 aliphatic carbocycles. The van der Waals surface area contributed by atoms with Crippen LogP contribution in [-0.2, 0) is 6.54 Å². The van der Waals surface area contributed by atoms with Crippen molar-refractivity contribution in [2.24, 2.45) is 10.4 Å². The van der Waals surface area contributed by atoms with Gasteiger partial charge in [0.15, 0.2) is 5.96 Å². The molecule has 0 spiro atoms. The van der Waals surface area contributed by atoms with Gasteiger partial charge in [-0.15, -0.1) is 24.0 Å². The second-order valence-corrected chi connectivity index (χ2v) is 8.07. The minimum Gasteiger partial charge on any atom is -0.356 e. The average molecular weight is 482 g/mol. The van der Waals surface area contributed by atoms with Crippen LogP contribution in [0, 0.1) is 12.3 Å². The smallest absolute Gasteiger partial charge is 0.194 e. The Morgan fingerprint density at radius 3 is 2.44 bits per heavy atom. The van der Waals surface area contributed by atoms with Gasteiger partial charge in [0.25, 0.3) is 0 Å². The van der Waals surface area contributed by atoms with Gasteiger partial charge >= 0.3 is 0 Å². The highest BCUT2D eigenvalue weighted by atomic mass is 127. The Labute approximate surface area is 179 Å². The fourth-order valence-corrected chi connectivity index (χ4v) is 3.23. The Morgan fingerprint density at radius 2 is 1.96 bits per heavy atom. The molecule has 1 saturated heterocycles. The summed E-state index contributed by atoms with van der Waals surface area (Å²) in [5.74, 6) is 2.79. The predicted octanol–water partition coefficient (Wildman–Crippen LogP) is 3.78. The second kappa shape index (κ2) is 8.16. The number of pyridine rings is 1. The van der Waals surface area contributed by atoms with E-state index in [1.807, 2.05) is 30.0 Å². The molecule has 1 aliphatic rings. The molecule has 3 rings (SSSR count). The van der Waals surface area contributed by atoms with Crippen LogP contribution in [-0.4, -0.2) is 44.0 Å².